The molecule has 25 heavy (non-hydrogen) atoms. The zero-order valence-corrected chi connectivity index (χ0v) is 14.0. The minimum absolute atomic E-state index is 0.0190. The maximum atomic E-state index is 13.1. The molecule has 128 valence electrons. The van der Waals surface area contributed by atoms with Gasteiger partial charge in [-0.15, -0.1) is 0 Å². The number of rotatable bonds is 5. The fourth-order valence-electron chi connectivity index (χ4n) is 3.47. The third kappa shape index (κ3) is 3.36. The molecule has 1 aliphatic carbocycles. The smallest absolute Gasteiger partial charge is 0.257 e. The van der Waals surface area contributed by atoms with Crippen LogP contribution in [0.2, 0.25) is 0 Å². The lowest BCUT2D eigenvalue weighted by Crippen LogP contribution is -2.38. The molecule has 0 N–H and O–H groups in total. The van der Waals surface area contributed by atoms with Crippen LogP contribution in [0.1, 0.15) is 41.8 Å². The van der Waals surface area contributed by atoms with Crippen LogP contribution < -0.4 is 0 Å². The molecule has 2 heterocycles. The number of aromatic nitrogens is 2. The molecule has 1 aromatic carbocycles. The molecular weight excluding hydrogens is 314 g/mol. The minimum atomic E-state index is 0.0190. The van der Waals surface area contributed by atoms with Gasteiger partial charge in [-0.1, -0.05) is 31.0 Å². The van der Waals surface area contributed by atoms with Gasteiger partial charge in [0.05, 0.1) is 30.3 Å². The van der Waals surface area contributed by atoms with Gasteiger partial charge in [-0.25, -0.2) is 4.68 Å². The third-order valence-corrected chi connectivity index (χ3v) is 4.78. The van der Waals surface area contributed by atoms with Gasteiger partial charge in [-0.05, 0) is 37.1 Å². The fraction of sp³-hybridized carbons (Fsp3) is 0.300. The van der Waals surface area contributed by atoms with Crippen molar-refractivity contribution in [2.45, 2.75) is 38.3 Å². The Morgan fingerprint density at radius 2 is 1.96 bits per heavy atom. The average Bonchev–Trinajstić information content (AvgIpc) is 3.42. The molecule has 0 spiro atoms. The Morgan fingerprint density at radius 3 is 2.68 bits per heavy atom. The van der Waals surface area contributed by atoms with Gasteiger partial charge < -0.3 is 9.32 Å². The van der Waals surface area contributed by atoms with Gasteiger partial charge in [0.1, 0.15) is 5.76 Å². The van der Waals surface area contributed by atoms with Crippen LogP contribution in [-0.2, 0) is 6.54 Å². The van der Waals surface area contributed by atoms with E-state index in [0.29, 0.717) is 12.1 Å². The highest BCUT2D eigenvalue weighted by molar-refractivity contribution is 5.94. The Kier molecular flexibility index (Phi) is 4.37. The zero-order chi connectivity index (χ0) is 17.1. The highest BCUT2D eigenvalue weighted by Crippen LogP contribution is 2.26. The van der Waals surface area contributed by atoms with E-state index in [4.69, 9.17) is 4.42 Å². The quantitative estimate of drug-likeness (QED) is 0.707. The number of furan rings is 1. The van der Waals surface area contributed by atoms with E-state index in [1.165, 1.54) is 12.8 Å². The van der Waals surface area contributed by atoms with E-state index in [9.17, 15) is 4.79 Å². The Labute approximate surface area is 146 Å². The van der Waals surface area contributed by atoms with Gasteiger partial charge in [0.25, 0.3) is 5.91 Å². The SMILES string of the molecule is O=C(c1cnn(-c2ccccc2)c1)N(Cc1ccco1)C1CCCC1. The molecule has 4 rings (SSSR count). The summed E-state index contributed by atoms with van der Waals surface area (Å²) in [7, 11) is 0. The van der Waals surface area contributed by atoms with Crippen molar-refractivity contribution in [2.24, 2.45) is 0 Å². The lowest BCUT2D eigenvalue weighted by Gasteiger charge is -2.27. The van der Waals surface area contributed by atoms with Crippen molar-refractivity contribution < 1.29 is 9.21 Å². The van der Waals surface area contributed by atoms with Crippen molar-refractivity contribution in [1.82, 2.24) is 14.7 Å². The van der Waals surface area contributed by atoms with Crippen molar-refractivity contribution in [2.75, 3.05) is 0 Å². The van der Waals surface area contributed by atoms with Gasteiger partial charge in [0.15, 0.2) is 0 Å². The number of amides is 1. The summed E-state index contributed by atoms with van der Waals surface area (Å²) in [4.78, 5) is 15.1. The topological polar surface area (TPSA) is 51.3 Å². The molecular formula is C20H21N3O2. The molecule has 1 fully saturated rings. The lowest BCUT2D eigenvalue weighted by molar-refractivity contribution is 0.0649. The molecule has 1 saturated carbocycles. The molecule has 0 unspecified atom stereocenters. The number of nitrogens with zero attached hydrogens (tertiary/aromatic N) is 3. The van der Waals surface area contributed by atoms with Crippen molar-refractivity contribution in [3.8, 4) is 5.69 Å². The number of carbonyl (C=O) groups is 1. The first-order chi connectivity index (χ1) is 12.3. The summed E-state index contributed by atoms with van der Waals surface area (Å²) in [6.45, 7) is 0.507. The average molecular weight is 335 g/mol. The summed E-state index contributed by atoms with van der Waals surface area (Å²) < 4.78 is 7.21. The Bertz CT molecular complexity index is 818. The normalized spacial score (nSPS) is 14.7. The number of carbonyl (C=O) groups excluding carboxylic acids is 1. The first-order valence-corrected chi connectivity index (χ1v) is 8.75. The standard InChI is InChI=1S/C20H21N3O2/c24-20(16-13-21-23(14-16)18-9-2-1-3-10-18)22(17-7-4-5-8-17)15-19-11-6-12-25-19/h1-3,6,9-14,17H,4-5,7-8,15H2. The second-order valence-corrected chi connectivity index (χ2v) is 6.46. The van der Waals surface area contributed by atoms with E-state index < -0.39 is 0 Å². The molecule has 0 saturated heterocycles. The van der Waals surface area contributed by atoms with Gasteiger partial charge in [-0.3, -0.25) is 4.79 Å². The van der Waals surface area contributed by atoms with E-state index in [1.807, 2.05) is 53.6 Å². The summed E-state index contributed by atoms with van der Waals surface area (Å²) in [5.41, 5.74) is 1.56. The van der Waals surface area contributed by atoms with Crippen LogP contribution in [-0.4, -0.2) is 26.6 Å². The van der Waals surface area contributed by atoms with Gasteiger partial charge in [0.2, 0.25) is 0 Å². The largest absolute Gasteiger partial charge is 0.467 e. The lowest BCUT2D eigenvalue weighted by atomic mass is 10.1. The number of para-hydroxylation sites is 1. The predicted octanol–water partition coefficient (Wildman–Crippen LogP) is 4.05. The van der Waals surface area contributed by atoms with Crippen LogP contribution in [0, 0.1) is 0 Å². The van der Waals surface area contributed by atoms with E-state index >= 15 is 0 Å². The summed E-state index contributed by atoms with van der Waals surface area (Å²) >= 11 is 0. The highest BCUT2D eigenvalue weighted by atomic mass is 16.3. The summed E-state index contributed by atoms with van der Waals surface area (Å²) in [5, 5.41) is 4.36. The van der Waals surface area contributed by atoms with Crippen molar-refractivity contribution in [1.29, 1.82) is 0 Å². The Balaban J connectivity index is 1.58. The maximum Gasteiger partial charge on any atom is 0.257 e. The highest BCUT2D eigenvalue weighted by Gasteiger charge is 2.29. The fourth-order valence-corrected chi connectivity index (χ4v) is 3.47. The van der Waals surface area contributed by atoms with Crippen LogP contribution in [0.5, 0.6) is 0 Å². The third-order valence-electron chi connectivity index (χ3n) is 4.78. The zero-order valence-electron chi connectivity index (χ0n) is 14.0. The maximum absolute atomic E-state index is 13.1. The van der Waals surface area contributed by atoms with E-state index in [1.54, 1.807) is 17.1 Å². The van der Waals surface area contributed by atoms with Crippen LogP contribution in [0.3, 0.4) is 0 Å². The molecule has 3 aromatic rings. The summed E-state index contributed by atoms with van der Waals surface area (Å²) in [5.74, 6) is 0.834. The summed E-state index contributed by atoms with van der Waals surface area (Å²) in [6.07, 6.45) is 9.57. The molecule has 0 atom stereocenters. The Morgan fingerprint density at radius 1 is 1.16 bits per heavy atom. The molecule has 2 aromatic heterocycles. The van der Waals surface area contributed by atoms with Crippen LogP contribution in [0.15, 0.2) is 65.5 Å². The molecule has 1 aliphatic rings. The van der Waals surface area contributed by atoms with Crippen molar-refractivity contribution in [3.05, 3.63) is 72.4 Å². The first kappa shape index (κ1) is 15.7. The molecule has 0 radical (unpaired) electrons. The number of hydrogen-bond acceptors (Lipinski definition) is 3. The second kappa shape index (κ2) is 6.97. The molecule has 0 bridgehead atoms. The van der Waals surface area contributed by atoms with E-state index in [-0.39, 0.29) is 11.9 Å². The van der Waals surface area contributed by atoms with Crippen molar-refractivity contribution in [3.63, 3.8) is 0 Å². The first-order valence-electron chi connectivity index (χ1n) is 8.75. The van der Waals surface area contributed by atoms with Crippen molar-refractivity contribution >= 4 is 5.91 Å². The number of hydrogen-bond donors (Lipinski definition) is 0. The second-order valence-electron chi connectivity index (χ2n) is 6.46. The van der Waals surface area contributed by atoms with Gasteiger partial charge >= 0.3 is 0 Å². The van der Waals surface area contributed by atoms with Gasteiger partial charge in [-0.2, -0.15) is 5.10 Å². The molecule has 5 nitrogen and oxygen atoms in total. The summed E-state index contributed by atoms with van der Waals surface area (Å²) in [6, 6.07) is 13.9. The predicted molar refractivity (Wildman–Crippen MR) is 94.4 cm³/mol. The number of benzene rings is 1. The molecule has 1 amide bonds. The van der Waals surface area contributed by atoms with Gasteiger partial charge in [0, 0.05) is 12.2 Å². The molecule has 0 aliphatic heterocycles. The molecule has 5 heteroatoms. The minimum Gasteiger partial charge on any atom is -0.467 e. The van der Waals surface area contributed by atoms with E-state index in [0.717, 1.165) is 24.3 Å². The van der Waals surface area contributed by atoms with Crippen LogP contribution >= 0.6 is 0 Å². The van der Waals surface area contributed by atoms with E-state index in [2.05, 4.69) is 5.10 Å². The van der Waals surface area contributed by atoms with Crippen LogP contribution in [0.4, 0.5) is 0 Å². The van der Waals surface area contributed by atoms with Crippen LogP contribution in [0.25, 0.3) is 5.69 Å². The Hall–Kier alpha value is -2.82. The monoisotopic (exact) mass is 335 g/mol.